The lowest BCUT2D eigenvalue weighted by Gasteiger charge is -2.28. The van der Waals surface area contributed by atoms with Crippen molar-refractivity contribution in [3.63, 3.8) is 0 Å². The van der Waals surface area contributed by atoms with Crippen LogP contribution >= 0.6 is 15.9 Å². The van der Waals surface area contributed by atoms with Gasteiger partial charge in [0.25, 0.3) is 0 Å². The topological polar surface area (TPSA) is 83.5 Å². The molecule has 0 bridgehead atoms. The highest BCUT2D eigenvalue weighted by Gasteiger charge is 2.59. The van der Waals surface area contributed by atoms with E-state index in [2.05, 4.69) is 15.9 Å². The summed E-state index contributed by atoms with van der Waals surface area (Å²) in [5, 5.41) is 8.64. The van der Waals surface area contributed by atoms with Crippen molar-refractivity contribution >= 4 is 31.9 Å². The minimum Gasteiger partial charge on any atom is -0.480 e. The third-order valence-electron chi connectivity index (χ3n) is 2.52. The Bertz CT molecular complexity index is 676. The molecule has 0 fully saturated rings. The number of benzene rings is 1. The van der Waals surface area contributed by atoms with E-state index in [4.69, 9.17) is 5.11 Å². The molecule has 1 atom stereocenters. The summed E-state index contributed by atoms with van der Waals surface area (Å²) in [6.45, 7) is 0.129. The van der Waals surface area contributed by atoms with Crippen LogP contribution in [0.3, 0.4) is 0 Å². The first-order chi connectivity index (χ1) is 9.31. The number of halogens is 5. The Balaban J connectivity index is 3.35. The van der Waals surface area contributed by atoms with Gasteiger partial charge in [0.05, 0.1) is 0 Å². The lowest BCUT2D eigenvalue weighted by molar-refractivity contribution is -0.201. The van der Waals surface area contributed by atoms with Crippen LogP contribution in [-0.4, -0.2) is 31.2 Å². The van der Waals surface area contributed by atoms with Gasteiger partial charge < -0.3 is 5.11 Å². The molecular weight excluding hydrogens is 386 g/mol. The van der Waals surface area contributed by atoms with Crippen LogP contribution in [0.2, 0.25) is 0 Å². The highest BCUT2D eigenvalue weighted by Crippen LogP contribution is 2.32. The Labute approximate surface area is 125 Å². The molecule has 11 heteroatoms. The summed E-state index contributed by atoms with van der Waals surface area (Å²) in [4.78, 5) is 9.67. The Hall–Kier alpha value is -1.20. The molecule has 0 aromatic heterocycles. The van der Waals surface area contributed by atoms with Gasteiger partial charge in [-0.3, -0.25) is 0 Å². The zero-order valence-electron chi connectivity index (χ0n) is 10.2. The minimum atomic E-state index is -5.42. The van der Waals surface area contributed by atoms with Crippen molar-refractivity contribution in [2.45, 2.75) is 23.5 Å². The smallest absolute Gasteiger partial charge is 0.418 e. The summed E-state index contributed by atoms with van der Waals surface area (Å²) in [5.74, 6) is -3.79. The number of hydrogen-bond donors (Lipinski definition) is 2. The van der Waals surface area contributed by atoms with Gasteiger partial charge >= 0.3 is 12.1 Å². The fourth-order valence-electron chi connectivity index (χ4n) is 1.24. The van der Waals surface area contributed by atoms with E-state index >= 15 is 0 Å². The number of carbonyl (C=O) groups is 1. The van der Waals surface area contributed by atoms with E-state index in [0.717, 1.165) is 16.9 Å². The molecule has 0 saturated carbocycles. The van der Waals surface area contributed by atoms with Gasteiger partial charge in [-0.1, -0.05) is 15.9 Å². The summed E-state index contributed by atoms with van der Waals surface area (Å²) in [6, 6.07) is 2.52. The molecule has 0 spiro atoms. The second kappa shape index (κ2) is 5.54. The average molecular weight is 394 g/mol. The van der Waals surface area contributed by atoms with Gasteiger partial charge in [0.1, 0.15) is 10.7 Å². The maximum atomic E-state index is 13.5. The monoisotopic (exact) mass is 393 g/mol. The SMILES string of the molecule is CC(NS(=O)(=O)c1ccc(Br)cc1F)(C(=O)O)C(F)(F)F. The zero-order valence-corrected chi connectivity index (χ0v) is 12.6. The number of hydrogen-bond acceptors (Lipinski definition) is 3. The number of alkyl halides is 3. The predicted molar refractivity (Wildman–Crippen MR) is 66.5 cm³/mol. The van der Waals surface area contributed by atoms with Gasteiger partial charge in [-0.05, 0) is 25.1 Å². The second-order valence-electron chi connectivity index (χ2n) is 4.11. The Kier molecular flexibility index (Phi) is 4.71. The second-order valence-corrected chi connectivity index (χ2v) is 6.67. The van der Waals surface area contributed by atoms with Crippen LogP contribution in [0.25, 0.3) is 0 Å². The maximum Gasteiger partial charge on any atom is 0.418 e. The first kappa shape index (κ1) is 17.9. The van der Waals surface area contributed by atoms with E-state index in [1.807, 2.05) is 0 Å². The van der Waals surface area contributed by atoms with E-state index in [0.29, 0.717) is 6.07 Å². The van der Waals surface area contributed by atoms with Crippen molar-refractivity contribution in [3.05, 3.63) is 28.5 Å². The Morgan fingerprint density at radius 3 is 2.24 bits per heavy atom. The molecule has 21 heavy (non-hydrogen) atoms. The number of aliphatic carboxylic acids is 1. The van der Waals surface area contributed by atoms with Gasteiger partial charge in [-0.25, -0.2) is 17.6 Å². The predicted octanol–water partition coefficient (Wildman–Crippen LogP) is 2.27. The summed E-state index contributed by atoms with van der Waals surface area (Å²) < 4.78 is 76.6. The molecule has 0 radical (unpaired) electrons. The van der Waals surface area contributed by atoms with E-state index < -0.39 is 38.4 Å². The maximum absolute atomic E-state index is 13.5. The van der Waals surface area contributed by atoms with Crippen LogP contribution in [0.1, 0.15) is 6.92 Å². The van der Waals surface area contributed by atoms with Gasteiger partial charge in [0, 0.05) is 4.47 Å². The fraction of sp³-hybridized carbons (Fsp3) is 0.300. The van der Waals surface area contributed by atoms with Crippen LogP contribution < -0.4 is 4.72 Å². The molecule has 0 amide bonds. The zero-order chi connectivity index (χ0) is 16.6. The number of carboxylic acids is 1. The van der Waals surface area contributed by atoms with Gasteiger partial charge in [-0.2, -0.15) is 17.9 Å². The quantitative estimate of drug-likeness (QED) is 0.768. The lowest BCUT2D eigenvalue weighted by Crippen LogP contribution is -2.61. The van der Waals surface area contributed by atoms with Crippen molar-refractivity contribution < 1.29 is 35.9 Å². The van der Waals surface area contributed by atoms with Crippen molar-refractivity contribution in [2.75, 3.05) is 0 Å². The molecule has 1 unspecified atom stereocenters. The van der Waals surface area contributed by atoms with Crippen LogP contribution in [0.15, 0.2) is 27.6 Å². The molecule has 118 valence electrons. The van der Waals surface area contributed by atoms with Crippen LogP contribution in [0.4, 0.5) is 17.6 Å². The van der Waals surface area contributed by atoms with Crippen molar-refractivity contribution in [2.24, 2.45) is 0 Å². The Morgan fingerprint density at radius 1 is 1.33 bits per heavy atom. The van der Waals surface area contributed by atoms with Crippen LogP contribution in [0, 0.1) is 5.82 Å². The number of rotatable bonds is 4. The fourth-order valence-corrected chi connectivity index (χ4v) is 2.99. The molecule has 5 nitrogen and oxygen atoms in total. The standard InChI is InChI=1S/C10H8BrF4NO4S/c1-9(8(17)18,10(13,14)15)16-21(19,20)7-3-2-5(11)4-6(7)12/h2-4,16H,1H3,(H,17,18). The first-order valence-corrected chi connectivity index (χ1v) is 7.38. The first-order valence-electron chi connectivity index (χ1n) is 5.10. The number of nitrogens with one attached hydrogen (secondary N) is 1. The molecule has 0 aliphatic rings. The third kappa shape index (κ3) is 3.52. The van der Waals surface area contributed by atoms with Gasteiger partial charge in [-0.15, -0.1) is 0 Å². The molecule has 1 rings (SSSR count). The molecule has 0 saturated heterocycles. The van der Waals surface area contributed by atoms with E-state index in [-0.39, 0.29) is 11.4 Å². The molecule has 0 heterocycles. The van der Waals surface area contributed by atoms with Gasteiger partial charge in [0.15, 0.2) is 0 Å². The molecule has 0 aliphatic heterocycles. The number of sulfonamides is 1. The van der Waals surface area contributed by atoms with Crippen molar-refractivity contribution in [1.82, 2.24) is 4.72 Å². The van der Waals surface area contributed by atoms with Crippen LogP contribution in [-0.2, 0) is 14.8 Å². The van der Waals surface area contributed by atoms with Crippen LogP contribution in [0.5, 0.6) is 0 Å². The normalized spacial score (nSPS) is 15.5. The molecule has 0 aliphatic carbocycles. The Morgan fingerprint density at radius 2 is 1.86 bits per heavy atom. The lowest BCUT2D eigenvalue weighted by atomic mass is 10.0. The van der Waals surface area contributed by atoms with Crippen molar-refractivity contribution in [1.29, 1.82) is 0 Å². The largest absolute Gasteiger partial charge is 0.480 e. The summed E-state index contributed by atoms with van der Waals surface area (Å²) >= 11 is 2.85. The molecule has 1 aromatic carbocycles. The van der Waals surface area contributed by atoms with E-state index in [1.165, 1.54) is 0 Å². The summed E-state index contributed by atoms with van der Waals surface area (Å²) in [5.41, 5.74) is -3.79. The third-order valence-corrected chi connectivity index (χ3v) is 4.60. The summed E-state index contributed by atoms with van der Waals surface area (Å²) in [7, 11) is -5.04. The minimum absolute atomic E-state index is 0.129. The van der Waals surface area contributed by atoms with Crippen molar-refractivity contribution in [3.8, 4) is 0 Å². The van der Waals surface area contributed by atoms with E-state index in [1.54, 1.807) is 0 Å². The summed E-state index contributed by atoms with van der Waals surface area (Å²) in [6.07, 6.45) is -5.42. The average Bonchev–Trinajstić information content (AvgIpc) is 2.25. The highest BCUT2D eigenvalue weighted by atomic mass is 79.9. The van der Waals surface area contributed by atoms with E-state index in [9.17, 15) is 30.8 Å². The highest BCUT2D eigenvalue weighted by molar-refractivity contribution is 9.10. The molecule has 2 N–H and O–H groups in total. The molecular formula is C10H8BrF4NO4S. The number of carboxylic acid groups (broad SMARTS) is 1. The van der Waals surface area contributed by atoms with Gasteiger partial charge in [0.2, 0.25) is 15.6 Å². The molecule has 1 aromatic rings.